The highest BCUT2D eigenvalue weighted by Gasteiger charge is 2.46. The van der Waals surface area contributed by atoms with E-state index in [1.165, 1.54) is 0 Å². The smallest absolute Gasteiger partial charge is 0.334 e. The zero-order valence-corrected chi connectivity index (χ0v) is 15.5. The van der Waals surface area contributed by atoms with E-state index < -0.39 is 30.2 Å². The van der Waals surface area contributed by atoms with Gasteiger partial charge in [-0.1, -0.05) is 32.1 Å². The highest BCUT2D eigenvalue weighted by molar-refractivity contribution is 5.91. The average Bonchev–Trinajstić information content (AvgIpc) is 2.84. The van der Waals surface area contributed by atoms with Crippen LogP contribution in [-0.4, -0.2) is 35.4 Å². The summed E-state index contributed by atoms with van der Waals surface area (Å²) in [6, 6.07) is 0. The lowest BCUT2D eigenvalue weighted by molar-refractivity contribution is -0.159. The minimum atomic E-state index is -1.09. The van der Waals surface area contributed by atoms with E-state index in [9.17, 15) is 14.7 Å². The second-order valence-corrected chi connectivity index (χ2v) is 7.08. The molecule has 0 aromatic heterocycles. The van der Waals surface area contributed by atoms with Crippen LogP contribution < -0.4 is 0 Å². The van der Waals surface area contributed by atoms with Gasteiger partial charge in [0.1, 0.15) is 18.3 Å². The van der Waals surface area contributed by atoms with Crippen molar-refractivity contribution in [3.05, 3.63) is 35.5 Å². The quantitative estimate of drug-likeness (QED) is 0.482. The van der Waals surface area contributed by atoms with Crippen LogP contribution in [0.25, 0.3) is 0 Å². The number of aliphatic hydroxyl groups excluding tert-OH is 1. The van der Waals surface area contributed by atoms with Gasteiger partial charge in [-0.15, -0.1) is 0 Å². The first kappa shape index (κ1) is 19.4. The van der Waals surface area contributed by atoms with Gasteiger partial charge < -0.3 is 14.6 Å². The monoisotopic (exact) mass is 348 g/mol. The van der Waals surface area contributed by atoms with E-state index in [1.807, 2.05) is 32.9 Å². The Balaban J connectivity index is 2.37. The van der Waals surface area contributed by atoms with Gasteiger partial charge in [0.2, 0.25) is 0 Å². The maximum Gasteiger partial charge on any atom is 0.334 e. The average molecular weight is 348 g/mol. The van der Waals surface area contributed by atoms with E-state index in [1.54, 1.807) is 6.92 Å². The third kappa shape index (κ3) is 4.21. The van der Waals surface area contributed by atoms with Crippen LogP contribution in [0.2, 0.25) is 0 Å². The fourth-order valence-corrected chi connectivity index (χ4v) is 3.18. The molecule has 5 atom stereocenters. The van der Waals surface area contributed by atoms with Crippen molar-refractivity contribution in [1.29, 1.82) is 0 Å². The molecule has 0 bridgehead atoms. The Morgan fingerprint density at radius 1 is 1.48 bits per heavy atom. The number of allylic oxidation sites excluding steroid dienone is 2. The van der Waals surface area contributed by atoms with Gasteiger partial charge in [0.05, 0.1) is 11.8 Å². The van der Waals surface area contributed by atoms with E-state index in [0.29, 0.717) is 6.42 Å². The molecule has 2 rings (SSSR count). The van der Waals surface area contributed by atoms with Crippen molar-refractivity contribution in [3.8, 4) is 0 Å². The summed E-state index contributed by atoms with van der Waals surface area (Å²) in [4.78, 5) is 24.3. The van der Waals surface area contributed by atoms with Crippen molar-refractivity contribution in [3.63, 3.8) is 0 Å². The van der Waals surface area contributed by atoms with Crippen molar-refractivity contribution >= 4 is 11.9 Å². The SMILES string of the molecule is C=C1C(=O)O[C@H]2/C=C(\C)CC/C=C(\C)[C@@H](OC(=O)[C@H](C)CC)[C@H](O)[C@@H]12. The van der Waals surface area contributed by atoms with Crippen LogP contribution in [0.1, 0.15) is 47.0 Å². The predicted molar refractivity (Wildman–Crippen MR) is 94.6 cm³/mol. The molecule has 0 aromatic carbocycles. The van der Waals surface area contributed by atoms with Gasteiger partial charge in [-0.3, -0.25) is 4.79 Å². The molecule has 138 valence electrons. The lowest BCUT2D eigenvalue weighted by atomic mass is 9.84. The number of esters is 2. The maximum atomic E-state index is 12.3. The first-order valence-corrected chi connectivity index (χ1v) is 8.88. The number of ether oxygens (including phenoxy) is 2. The second-order valence-electron chi connectivity index (χ2n) is 7.08. The van der Waals surface area contributed by atoms with Crippen LogP contribution in [0.5, 0.6) is 0 Å². The Labute approximate surface area is 149 Å². The Morgan fingerprint density at radius 2 is 2.16 bits per heavy atom. The van der Waals surface area contributed by atoms with Gasteiger partial charge in [0, 0.05) is 5.57 Å². The zero-order valence-electron chi connectivity index (χ0n) is 15.5. The molecule has 25 heavy (non-hydrogen) atoms. The topological polar surface area (TPSA) is 72.8 Å². The van der Waals surface area contributed by atoms with Gasteiger partial charge in [-0.2, -0.15) is 0 Å². The molecule has 5 heteroatoms. The van der Waals surface area contributed by atoms with Crippen molar-refractivity contribution in [2.75, 3.05) is 0 Å². The molecule has 1 N–H and O–H groups in total. The van der Waals surface area contributed by atoms with Crippen molar-refractivity contribution in [2.24, 2.45) is 11.8 Å². The third-order valence-electron chi connectivity index (χ3n) is 5.10. The summed E-state index contributed by atoms with van der Waals surface area (Å²) in [5, 5.41) is 11.0. The number of carbonyl (C=O) groups excluding carboxylic acids is 2. The summed E-state index contributed by atoms with van der Waals surface area (Å²) in [7, 11) is 0. The van der Waals surface area contributed by atoms with Gasteiger partial charge in [0.15, 0.2) is 0 Å². The summed E-state index contributed by atoms with van der Waals surface area (Å²) >= 11 is 0. The van der Waals surface area contributed by atoms with Crippen molar-refractivity contribution in [1.82, 2.24) is 0 Å². The van der Waals surface area contributed by atoms with Gasteiger partial charge in [-0.05, 0) is 44.8 Å². The lowest BCUT2D eigenvalue weighted by Crippen LogP contribution is -2.42. The van der Waals surface area contributed by atoms with E-state index >= 15 is 0 Å². The molecule has 0 amide bonds. The van der Waals surface area contributed by atoms with E-state index in [4.69, 9.17) is 9.47 Å². The highest BCUT2D eigenvalue weighted by atomic mass is 16.6. The summed E-state index contributed by atoms with van der Waals surface area (Å²) in [6.45, 7) is 11.3. The fourth-order valence-electron chi connectivity index (χ4n) is 3.18. The van der Waals surface area contributed by atoms with Crippen LogP contribution in [0.4, 0.5) is 0 Å². The molecule has 0 unspecified atom stereocenters. The molecule has 5 nitrogen and oxygen atoms in total. The Bertz CT molecular complexity index is 616. The molecular formula is C20H28O5. The normalized spacial score (nSPS) is 35.6. The van der Waals surface area contributed by atoms with Gasteiger partial charge in [-0.25, -0.2) is 4.79 Å². The summed E-state index contributed by atoms with van der Waals surface area (Å²) in [5.41, 5.74) is 2.09. The minimum absolute atomic E-state index is 0.222. The molecule has 0 saturated carbocycles. The molecule has 1 fully saturated rings. The minimum Gasteiger partial charge on any atom is -0.455 e. The number of aliphatic hydroxyl groups is 1. The number of hydrogen-bond acceptors (Lipinski definition) is 5. The van der Waals surface area contributed by atoms with E-state index in [0.717, 1.165) is 24.0 Å². The van der Waals surface area contributed by atoms with Crippen LogP contribution in [-0.2, 0) is 19.1 Å². The van der Waals surface area contributed by atoms with Crippen molar-refractivity contribution < 1.29 is 24.2 Å². The van der Waals surface area contributed by atoms with Crippen LogP contribution in [0.3, 0.4) is 0 Å². The predicted octanol–water partition coefficient (Wildman–Crippen LogP) is 3.09. The Morgan fingerprint density at radius 3 is 2.80 bits per heavy atom. The summed E-state index contributed by atoms with van der Waals surface area (Å²) in [5.74, 6) is -1.74. The first-order chi connectivity index (χ1) is 11.8. The fraction of sp³-hybridized carbons (Fsp3) is 0.600. The molecular weight excluding hydrogens is 320 g/mol. The molecule has 1 aliphatic heterocycles. The zero-order chi connectivity index (χ0) is 18.7. The van der Waals surface area contributed by atoms with Crippen molar-refractivity contribution in [2.45, 2.75) is 65.3 Å². The lowest BCUT2D eigenvalue weighted by Gasteiger charge is -2.31. The van der Waals surface area contributed by atoms with Crippen LogP contribution in [0, 0.1) is 11.8 Å². The van der Waals surface area contributed by atoms with E-state index in [-0.39, 0.29) is 17.5 Å². The number of carbonyl (C=O) groups is 2. The van der Waals surface area contributed by atoms with Crippen LogP contribution >= 0.6 is 0 Å². The molecule has 2 aliphatic rings. The summed E-state index contributed by atoms with van der Waals surface area (Å²) < 4.78 is 11.0. The van der Waals surface area contributed by atoms with Crippen LogP contribution in [0.15, 0.2) is 35.5 Å². The highest BCUT2D eigenvalue weighted by Crippen LogP contribution is 2.35. The van der Waals surface area contributed by atoms with Gasteiger partial charge >= 0.3 is 11.9 Å². The summed E-state index contributed by atoms with van der Waals surface area (Å²) in [6.07, 6.45) is 3.61. The standard InChI is InChI=1S/C20H28O5/c1-6-12(3)19(22)25-18-13(4)9-7-8-11(2)10-15-16(17(18)21)14(5)20(23)24-15/h9-10,12,15-18,21H,5-8H2,1-4H3/b11-10+,13-9+/t12-,15+,16+,17-,18-/m1/s1. The molecule has 0 radical (unpaired) electrons. The molecule has 1 aliphatic carbocycles. The molecule has 0 spiro atoms. The molecule has 0 aromatic rings. The number of hydrogen-bond donors (Lipinski definition) is 1. The first-order valence-electron chi connectivity index (χ1n) is 8.88. The maximum absolute atomic E-state index is 12.3. The van der Waals surface area contributed by atoms with E-state index in [2.05, 4.69) is 6.58 Å². The Kier molecular flexibility index (Phi) is 6.22. The largest absolute Gasteiger partial charge is 0.455 e. The number of rotatable bonds is 3. The third-order valence-corrected chi connectivity index (χ3v) is 5.10. The number of fused-ring (bicyclic) bond motifs is 1. The Hall–Kier alpha value is -1.88. The van der Waals surface area contributed by atoms with Gasteiger partial charge in [0.25, 0.3) is 0 Å². The second kappa shape index (κ2) is 8.00. The molecule has 1 saturated heterocycles. The molecule has 1 heterocycles.